The van der Waals surface area contributed by atoms with Gasteiger partial charge in [-0.1, -0.05) is 12.8 Å². The molecule has 2 rings (SSSR count). The highest BCUT2D eigenvalue weighted by Gasteiger charge is 2.37. The molecule has 0 radical (unpaired) electrons. The number of rotatable bonds is 3. The van der Waals surface area contributed by atoms with Crippen molar-refractivity contribution in [3.63, 3.8) is 0 Å². The van der Waals surface area contributed by atoms with E-state index >= 15 is 0 Å². The standard InChI is InChI=1S/C13H24N2O/c1-13(7-4-8-13)15-12(16)11-6-3-2-5-10(11)9-14/h10-11H,2-9,14H2,1H3,(H,15,16). The van der Waals surface area contributed by atoms with Gasteiger partial charge in [0.15, 0.2) is 0 Å². The van der Waals surface area contributed by atoms with E-state index in [9.17, 15) is 4.79 Å². The van der Waals surface area contributed by atoms with E-state index in [0.717, 1.165) is 25.7 Å². The lowest BCUT2D eigenvalue weighted by atomic mass is 9.75. The van der Waals surface area contributed by atoms with Crippen LogP contribution in [-0.2, 0) is 4.79 Å². The zero-order valence-corrected chi connectivity index (χ0v) is 10.3. The van der Waals surface area contributed by atoms with E-state index in [1.165, 1.54) is 19.3 Å². The number of hydrogen-bond acceptors (Lipinski definition) is 2. The third-order valence-corrected chi connectivity index (χ3v) is 4.43. The van der Waals surface area contributed by atoms with Crippen molar-refractivity contribution in [2.24, 2.45) is 17.6 Å². The predicted octanol–water partition coefficient (Wildman–Crippen LogP) is 1.81. The fourth-order valence-electron chi connectivity index (χ4n) is 3.06. The van der Waals surface area contributed by atoms with Crippen LogP contribution in [0.5, 0.6) is 0 Å². The number of carbonyl (C=O) groups excluding carboxylic acids is 1. The zero-order chi connectivity index (χ0) is 11.6. The minimum absolute atomic E-state index is 0.0910. The summed E-state index contributed by atoms with van der Waals surface area (Å²) in [5.74, 6) is 0.853. The van der Waals surface area contributed by atoms with Gasteiger partial charge in [-0.3, -0.25) is 4.79 Å². The first-order valence-electron chi connectivity index (χ1n) is 6.67. The molecule has 0 aliphatic heterocycles. The van der Waals surface area contributed by atoms with Crippen LogP contribution in [0.4, 0.5) is 0 Å². The first-order chi connectivity index (χ1) is 7.64. The van der Waals surface area contributed by atoms with Crippen LogP contribution < -0.4 is 11.1 Å². The van der Waals surface area contributed by atoms with E-state index in [2.05, 4.69) is 12.2 Å². The lowest BCUT2D eigenvalue weighted by Crippen LogP contribution is -2.54. The van der Waals surface area contributed by atoms with Crippen LogP contribution >= 0.6 is 0 Å². The normalized spacial score (nSPS) is 32.9. The summed E-state index contributed by atoms with van der Waals surface area (Å²) in [5.41, 5.74) is 5.85. The van der Waals surface area contributed by atoms with E-state index in [-0.39, 0.29) is 17.4 Å². The lowest BCUT2D eigenvalue weighted by molar-refractivity contribution is -0.130. The van der Waals surface area contributed by atoms with Gasteiger partial charge in [0.1, 0.15) is 0 Å². The maximum absolute atomic E-state index is 12.2. The zero-order valence-electron chi connectivity index (χ0n) is 10.3. The van der Waals surface area contributed by atoms with E-state index in [1.807, 2.05) is 0 Å². The summed E-state index contributed by atoms with van der Waals surface area (Å²) in [6.45, 7) is 2.82. The Morgan fingerprint density at radius 2 is 2.00 bits per heavy atom. The molecule has 3 nitrogen and oxygen atoms in total. The topological polar surface area (TPSA) is 55.1 Å². The van der Waals surface area contributed by atoms with Crippen LogP contribution in [0.15, 0.2) is 0 Å². The van der Waals surface area contributed by atoms with Crippen LogP contribution in [-0.4, -0.2) is 18.0 Å². The Bertz CT molecular complexity index is 261. The van der Waals surface area contributed by atoms with Crippen molar-refractivity contribution in [1.29, 1.82) is 0 Å². The quantitative estimate of drug-likeness (QED) is 0.768. The molecule has 2 atom stereocenters. The average molecular weight is 224 g/mol. The van der Waals surface area contributed by atoms with Crippen LogP contribution in [0, 0.1) is 11.8 Å². The Balaban J connectivity index is 1.91. The number of carbonyl (C=O) groups is 1. The van der Waals surface area contributed by atoms with Crippen LogP contribution in [0.25, 0.3) is 0 Å². The van der Waals surface area contributed by atoms with E-state index in [0.29, 0.717) is 12.5 Å². The van der Waals surface area contributed by atoms with Crippen molar-refractivity contribution >= 4 is 5.91 Å². The van der Waals surface area contributed by atoms with Gasteiger partial charge >= 0.3 is 0 Å². The lowest BCUT2D eigenvalue weighted by Gasteiger charge is -2.41. The summed E-state index contributed by atoms with van der Waals surface area (Å²) >= 11 is 0. The van der Waals surface area contributed by atoms with E-state index < -0.39 is 0 Å². The molecule has 16 heavy (non-hydrogen) atoms. The molecule has 2 aliphatic rings. The van der Waals surface area contributed by atoms with Crippen molar-refractivity contribution in [1.82, 2.24) is 5.32 Å². The molecule has 2 unspecified atom stereocenters. The average Bonchev–Trinajstić information content (AvgIpc) is 2.26. The minimum Gasteiger partial charge on any atom is -0.351 e. The molecule has 1 amide bonds. The highest BCUT2D eigenvalue weighted by molar-refractivity contribution is 5.80. The molecule has 2 saturated carbocycles. The Morgan fingerprint density at radius 3 is 2.56 bits per heavy atom. The van der Waals surface area contributed by atoms with Gasteiger partial charge in [-0.2, -0.15) is 0 Å². The summed E-state index contributed by atoms with van der Waals surface area (Å²) in [6, 6.07) is 0. The smallest absolute Gasteiger partial charge is 0.223 e. The first-order valence-corrected chi connectivity index (χ1v) is 6.67. The Hall–Kier alpha value is -0.570. The fraction of sp³-hybridized carbons (Fsp3) is 0.923. The third-order valence-electron chi connectivity index (χ3n) is 4.43. The number of amides is 1. The van der Waals surface area contributed by atoms with Crippen molar-refractivity contribution in [3.05, 3.63) is 0 Å². The number of nitrogens with one attached hydrogen (secondary N) is 1. The summed E-state index contributed by atoms with van der Waals surface area (Å²) < 4.78 is 0. The summed E-state index contributed by atoms with van der Waals surface area (Å²) in [6.07, 6.45) is 8.11. The predicted molar refractivity (Wildman–Crippen MR) is 64.9 cm³/mol. The van der Waals surface area contributed by atoms with Crippen molar-refractivity contribution in [3.8, 4) is 0 Å². The second-order valence-electron chi connectivity index (χ2n) is 5.79. The Labute approximate surface area is 98.2 Å². The van der Waals surface area contributed by atoms with Gasteiger partial charge in [0.25, 0.3) is 0 Å². The van der Waals surface area contributed by atoms with Crippen molar-refractivity contribution in [2.75, 3.05) is 6.54 Å². The molecule has 3 N–H and O–H groups in total. The molecular formula is C13H24N2O. The van der Waals surface area contributed by atoms with Gasteiger partial charge in [-0.25, -0.2) is 0 Å². The van der Waals surface area contributed by atoms with Crippen molar-refractivity contribution < 1.29 is 4.79 Å². The largest absolute Gasteiger partial charge is 0.351 e. The fourth-order valence-corrected chi connectivity index (χ4v) is 3.06. The number of nitrogens with two attached hydrogens (primary N) is 1. The van der Waals surface area contributed by atoms with Gasteiger partial charge in [0, 0.05) is 11.5 Å². The first kappa shape index (κ1) is 11.9. The molecule has 3 heteroatoms. The van der Waals surface area contributed by atoms with Gasteiger partial charge in [0.05, 0.1) is 0 Å². The van der Waals surface area contributed by atoms with Crippen molar-refractivity contribution in [2.45, 2.75) is 57.4 Å². The Morgan fingerprint density at radius 1 is 1.31 bits per heavy atom. The van der Waals surface area contributed by atoms with Gasteiger partial charge in [-0.05, 0) is 51.5 Å². The molecule has 0 saturated heterocycles. The summed E-state index contributed by atoms with van der Waals surface area (Å²) in [5, 5.41) is 3.23. The van der Waals surface area contributed by atoms with Crippen LogP contribution in [0.2, 0.25) is 0 Å². The number of hydrogen-bond donors (Lipinski definition) is 2. The highest BCUT2D eigenvalue weighted by Crippen LogP contribution is 2.34. The molecule has 0 aromatic rings. The molecule has 2 fully saturated rings. The maximum Gasteiger partial charge on any atom is 0.223 e. The molecular weight excluding hydrogens is 200 g/mol. The van der Waals surface area contributed by atoms with Gasteiger partial charge < -0.3 is 11.1 Å². The third kappa shape index (κ3) is 2.40. The molecule has 0 heterocycles. The second-order valence-corrected chi connectivity index (χ2v) is 5.79. The summed E-state index contributed by atoms with van der Waals surface area (Å²) in [7, 11) is 0. The van der Waals surface area contributed by atoms with E-state index in [4.69, 9.17) is 5.73 Å². The highest BCUT2D eigenvalue weighted by atomic mass is 16.2. The van der Waals surface area contributed by atoms with Crippen LogP contribution in [0.3, 0.4) is 0 Å². The monoisotopic (exact) mass is 224 g/mol. The molecule has 0 spiro atoms. The molecule has 2 aliphatic carbocycles. The van der Waals surface area contributed by atoms with Gasteiger partial charge in [-0.15, -0.1) is 0 Å². The molecule has 0 bridgehead atoms. The Kier molecular flexibility index (Phi) is 3.53. The maximum atomic E-state index is 12.2. The van der Waals surface area contributed by atoms with Crippen LogP contribution in [0.1, 0.15) is 51.9 Å². The molecule has 92 valence electrons. The SMILES string of the molecule is CC1(NC(=O)C2CCCCC2CN)CCC1. The molecule has 0 aromatic carbocycles. The minimum atomic E-state index is 0.0910. The molecule has 0 aromatic heterocycles. The summed E-state index contributed by atoms with van der Waals surface area (Å²) in [4.78, 5) is 12.2. The second kappa shape index (κ2) is 4.74. The van der Waals surface area contributed by atoms with Gasteiger partial charge in [0.2, 0.25) is 5.91 Å². The van der Waals surface area contributed by atoms with E-state index in [1.54, 1.807) is 0 Å².